The number of aryl methyl sites for hydroxylation is 1. The highest BCUT2D eigenvalue weighted by atomic mass is 32.1. The lowest BCUT2D eigenvalue weighted by Gasteiger charge is -2.02. The van der Waals surface area contributed by atoms with Gasteiger partial charge in [-0.1, -0.05) is 31.5 Å². The molecule has 0 radical (unpaired) electrons. The van der Waals surface area contributed by atoms with E-state index in [1.54, 1.807) is 11.3 Å². The Morgan fingerprint density at radius 1 is 1.00 bits per heavy atom. The Bertz CT molecular complexity index is 832. The Balaban J connectivity index is 1.94. The molecule has 0 amide bonds. The van der Waals surface area contributed by atoms with Crippen LogP contribution in [0.4, 0.5) is 0 Å². The molecule has 2 aromatic carbocycles. The van der Waals surface area contributed by atoms with Gasteiger partial charge in [-0.05, 0) is 49.1 Å². The smallest absolute Gasteiger partial charge is 0.310 e. The Morgan fingerprint density at radius 3 is 2.61 bits per heavy atom. The minimum Gasteiger partial charge on any atom is -0.466 e. The summed E-state index contributed by atoms with van der Waals surface area (Å²) in [7, 11) is 0. The molecule has 3 heteroatoms. The molecule has 1 aromatic heterocycles. The zero-order valence-corrected chi connectivity index (χ0v) is 14.5. The van der Waals surface area contributed by atoms with Crippen LogP contribution >= 0.6 is 11.3 Å². The van der Waals surface area contributed by atoms with Crippen molar-refractivity contribution in [1.29, 1.82) is 0 Å². The molecule has 3 rings (SSSR count). The first-order valence-electron chi connectivity index (χ1n) is 8.31. The second kappa shape index (κ2) is 7.14. The monoisotopic (exact) mass is 326 g/mol. The molecule has 0 saturated heterocycles. The molecule has 0 aliphatic carbocycles. The predicted molar refractivity (Wildman–Crippen MR) is 98.3 cm³/mol. The van der Waals surface area contributed by atoms with Crippen LogP contribution in [0.15, 0.2) is 36.4 Å². The van der Waals surface area contributed by atoms with Crippen molar-refractivity contribution in [1.82, 2.24) is 0 Å². The van der Waals surface area contributed by atoms with Gasteiger partial charge in [0.25, 0.3) is 0 Å². The first-order valence-corrected chi connectivity index (χ1v) is 9.12. The summed E-state index contributed by atoms with van der Waals surface area (Å²) in [5, 5.41) is 2.62. The minimum absolute atomic E-state index is 0.158. The van der Waals surface area contributed by atoms with Crippen LogP contribution in [0.25, 0.3) is 20.2 Å². The number of hydrogen-bond acceptors (Lipinski definition) is 3. The number of carbonyl (C=O) groups is 1. The molecule has 0 fully saturated rings. The third-order valence-corrected chi connectivity index (χ3v) is 5.21. The number of benzene rings is 2. The Hall–Kier alpha value is -1.87. The van der Waals surface area contributed by atoms with Crippen LogP contribution in [-0.4, -0.2) is 12.6 Å². The maximum atomic E-state index is 11.6. The molecule has 0 aliphatic rings. The van der Waals surface area contributed by atoms with Gasteiger partial charge in [0.05, 0.1) is 13.0 Å². The van der Waals surface area contributed by atoms with Crippen molar-refractivity contribution in [3.63, 3.8) is 0 Å². The number of carbonyl (C=O) groups excluding carboxylic acids is 1. The number of ether oxygens (including phenoxy) is 1. The van der Waals surface area contributed by atoms with Gasteiger partial charge in [-0.3, -0.25) is 4.79 Å². The predicted octanol–water partition coefficient (Wildman–Crippen LogP) is 5.50. The Labute approximate surface area is 141 Å². The van der Waals surface area contributed by atoms with Gasteiger partial charge in [0.2, 0.25) is 0 Å². The van der Waals surface area contributed by atoms with Crippen LogP contribution in [0.1, 0.15) is 37.8 Å². The lowest BCUT2D eigenvalue weighted by atomic mass is 10.0. The van der Waals surface area contributed by atoms with E-state index in [1.165, 1.54) is 38.6 Å². The van der Waals surface area contributed by atoms with Gasteiger partial charge >= 0.3 is 5.97 Å². The van der Waals surface area contributed by atoms with E-state index in [9.17, 15) is 4.79 Å². The zero-order valence-electron chi connectivity index (χ0n) is 13.7. The normalized spacial score (nSPS) is 11.2. The molecule has 0 atom stereocenters. The quantitative estimate of drug-likeness (QED) is 0.559. The first kappa shape index (κ1) is 16.0. The summed E-state index contributed by atoms with van der Waals surface area (Å²) in [4.78, 5) is 11.6. The van der Waals surface area contributed by atoms with E-state index < -0.39 is 0 Å². The summed E-state index contributed by atoms with van der Waals surface area (Å²) in [5.41, 5.74) is 2.43. The molecule has 0 spiro atoms. The van der Waals surface area contributed by atoms with Crippen LogP contribution in [0.3, 0.4) is 0 Å². The fraction of sp³-hybridized carbons (Fsp3) is 0.350. The molecule has 0 bridgehead atoms. The molecular weight excluding hydrogens is 304 g/mol. The first-order chi connectivity index (χ1) is 11.2. The van der Waals surface area contributed by atoms with Crippen LogP contribution < -0.4 is 0 Å². The highest BCUT2D eigenvalue weighted by Gasteiger charge is 2.09. The molecule has 0 unspecified atom stereocenters. The standard InChI is InChI=1S/C20H22O2S/c1-3-5-6-14-8-10-18-17(11-14)16-9-7-15(12-19(16)23-18)13-20(21)22-4-2/h7-12H,3-6,13H2,1-2H3. The molecule has 120 valence electrons. The van der Waals surface area contributed by atoms with Crippen molar-refractivity contribution in [2.24, 2.45) is 0 Å². The number of rotatable bonds is 6. The fourth-order valence-electron chi connectivity index (χ4n) is 2.89. The van der Waals surface area contributed by atoms with Gasteiger partial charge in [-0.25, -0.2) is 0 Å². The SMILES string of the molecule is CCCCc1ccc2sc3cc(CC(=O)OCC)ccc3c2c1. The number of hydrogen-bond donors (Lipinski definition) is 0. The number of thiophene rings is 1. The second-order valence-corrected chi connectivity index (χ2v) is 6.93. The minimum atomic E-state index is -0.158. The van der Waals surface area contributed by atoms with E-state index in [0.717, 1.165) is 12.0 Å². The molecule has 23 heavy (non-hydrogen) atoms. The average Bonchev–Trinajstić information content (AvgIpc) is 2.90. The molecule has 0 saturated carbocycles. The largest absolute Gasteiger partial charge is 0.466 e. The Kier molecular flexibility index (Phi) is 4.97. The second-order valence-electron chi connectivity index (χ2n) is 5.85. The van der Waals surface area contributed by atoms with Gasteiger partial charge in [-0.15, -0.1) is 11.3 Å². The number of fused-ring (bicyclic) bond motifs is 3. The maximum absolute atomic E-state index is 11.6. The number of unbranched alkanes of at least 4 members (excludes halogenated alkanes) is 1. The molecular formula is C20H22O2S. The van der Waals surface area contributed by atoms with Crippen molar-refractivity contribution in [2.45, 2.75) is 39.5 Å². The van der Waals surface area contributed by atoms with E-state index in [0.29, 0.717) is 13.0 Å². The van der Waals surface area contributed by atoms with Gasteiger partial charge in [-0.2, -0.15) is 0 Å². The van der Waals surface area contributed by atoms with Crippen molar-refractivity contribution >= 4 is 37.5 Å². The van der Waals surface area contributed by atoms with Gasteiger partial charge < -0.3 is 4.74 Å². The fourth-order valence-corrected chi connectivity index (χ4v) is 4.04. The summed E-state index contributed by atoms with van der Waals surface area (Å²) in [5.74, 6) is -0.158. The summed E-state index contributed by atoms with van der Waals surface area (Å²) in [6, 6.07) is 13.1. The van der Waals surface area contributed by atoms with Crippen molar-refractivity contribution < 1.29 is 9.53 Å². The maximum Gasteiger partial charge on any atom is 0.310 e. The topological polar surface area (TPSA) is 26.3 Å². The lowest BCUT2D eigenvalue weighted by Crippen LogP contribution is -2.07. The summed E-state index contributed by atoms with van der Waals surface area (Å²) in [6.45, 7) is 4.50. The van der Waals surface area contributed by atoms with E-state index in [-0.39, 0.29) is 5.97 Å². The van der Waals surface area contributed by atoms with E-state index in [1.807, 2.05) is 13.0 Å². The van der Waals surface area contributed by atoms with Crippen LogP contribution in [0, 0.1) is 0 Å². The molecule has 1 heterocycles. The highest BCUT2D eigenvalue weighted by molar-refractivity contribution is 7.25. The van der Waals surface area contributed by atoms with Crippen molar-refractivity contribution in [2.75, 3.05) is 6.61 Å². The highest BCUT2D eigenvalue weighted by Crippen LogP contribution is 2.35. The third-order valence-electron chi connectivity index (χ3n) is 4.07. The van der Waals surface area contributed by atoms with E-state index in [2.05, 4.69) is 37.3 Å². The van der Waals surface area contributed by atoms with Crippen LogP contribution in [0.2, 0.25) is 0 Å². The van der Waals surface area contributed by atoms with Crippen LogP contribution in [-0.2, 0) is 22.4 Å². The van der Waals surface area contributed by atoms with Gasteiger partial charge in [0.1, 0.15) is 0 Å². The summed E-state index contributed by atoms with van der Waals surface area (Å²) in [6.07, 6.45) is 3.95. The third kappa shape index (κ3) is 3.56. The van der Waals surface area contributed by atoms with Crippen LogP contribution in [0.5, 0.6) is 0 Å². The average molecular weight is 326 g/mol. The van der Waals surface area contributed by atoms with Gasteiger partial charge in [0, 0.05) is 20.2 Å². The van der Waals surface area contributed by atoms with Crippen molar-refractivity contribution in [3.05, 3.63) is 47.5 Å². The Morgan fingerprint density at radius 2 is 1.83 bits per heavy atom. The number of esters is 1. The molecule has 0 aliphatic heterocycles. The van der Waals surface area contributed by atoms with Gasteiger partial charge in [0.15, 0.2) is 0 Å². The molecule has 2 nitrogen and oxygen atoms in total. The zero-order chi connectivity index (χ0) is 16.2. The van der Waals surface area contributed by atoms with Crippen molar-refractivity contribution in [3.8, 4) is 0 Å². The van der Waals surface area contributed by atoms with E-state index >= 15 is 0 Å². The summed E-state index contributed by atoms with van der Waals surface area (Å²) >= 11 is 1.80. The molecule has 0 N–H and O–H groups in total. The van der Waals surface area contributed by atoms with E-state index in [4.69, 9.17) is 4.74 Å². The lowest BCUT2D eigenvalue weighted by molar-refractivity contribution is -0.142. The molecule has 3 aromatic rings. The summed E-state index contributed by atoms with van der Waals surface area (Å²) < 4.78 is 7.59.